The van der Waals surface area contributed by atoms with Crippen LogP contribution in [0.2, 0.25) is 0 Å². The molecule has 0 radical (unpaired) electrons. The Morgan fingerprint density at radius 2 is 2.12 bits per heavy atom. The van der Waals surface area contributed by atoms with E-state index in [4.69, 9.17) is 0 Å². The zero-order chi connectivity index (χ0) is 17.3. The Kier molecular flexibility index (Phi) is 4.87. The predicted molar refractivity (Wildman–Crippen MR) is 92.8 cm³/mol. The average molecular weight is 368 g/mol. The summed E-state index contributed by atoms with van der Waals surface area (Å²) in [5.74, 6) is -0.581. The zero-order valence-electron chi connectivity index (χ0n) is 13.4. The number of thioether (sulfide) groups is 1. The van der Waals surface area contributed by atoms with E-state index in [0.29, 0.717) is 12.1 Å². The van der Waals surface area contributed by atoms with Gasteiger partial charge in [0.15, 0.2) is 9.84 Å². The van der Waals surface area contributed by atoms with E-state index in [-0.39, 0.29) is 40.2 Å². The first-order valence-electron chi connectivity index (χ1n) is 7.96. The van der Waals surface area contributed by atoms with Gasteiger partial charge in [0.05, 0.1) is 16.3 Å². The summed E-state index contributed by atoms with van der Waals surface area (Å²) in [6, 6.07) is 4.98. The molecule has 1 atom stereocenters. The first-order valence-corrected chi connectivity index (χ1v) is 10.5. The fourth-order valence-corrected chi connectivity index (χ4v) is 4.81. The summed E-state index contributed by atoms with van der Waals surface area (Å²) in [5.41, 5.74) is 0.526. The van der Waals surface area contributed by atoms with Gasteiger partial charge in [-0.1, -0.05) is 6.92 Å². The van der Waals surface area contributed by atoms with Gasteiger partial charge in [0.1, 0.15) is 0 Å². The maximum Gasteiger partial charge on any atom is 0.225 e. The van der Waals surface area contributed by atoms with Crippen LogP contribution in [0.1, 0.15) is 32.6 Å². The third-order valence-corrected chi connectivity index (χ3v) is 6.82. The van der Waals surface area contributed by atoms with Crippen molar-refractivity contribution in [3.8, 4) is 0 Å². The van der Waals surface area contributed by atoms with Gasteiger partial charge in [-0.15, -0.1) is 11.8 Å². The third-order valence-electron chi connectivity index (χ3n) is 3.93. The molecule has 0 spiro atoms. The van der Waals surface area contributed by atoms with Crippen LogP contribution in [0.5, 0.6) is 0 Å². The molecule has 24 heavy (non-hydrogen) atoms. The summed E-state index contributed by atoms with van der Waals surface area (Å²) < 4.78 is 24.9. The average Bonchev–Trinajstić information content (AvgIpc) is 3.31. The fraction of sp³-hybridized carbons (Fsp3) is 0.500. The molecular weight excluding hydrogens is 348 g/mol. The topological polar surface area (TPSA) is 92.3 Å². The molecule has 3 rings (SSSR count). The SMILES string of the molecule is C[C@@H]1CC(=O)Nc2cc(S(=O)(=O)CCC(=O)NC3CC3)ccc2S1. The summed E-state index contributed by atoms with van der Waals surface area (Å²) >= 11 is 1.55. The van der Waals surface area contributed by atoms with Crippen molar-refractivity contribution in [2.45, 2.75) is 53.7 Å². The summed E-state index contributed by atoms with van der Waals surface area (Å²) in [7, 11) is -3.57. The number of amides is 2. The van der Waals surface area contributed by atoms with E-state index in [2.05, 4.69) is 10.6 Å². The van der Waals surface area contributed by atoms with E-state index in [1.165, 1.54) is 6.07 Å². The van der Waals surface area contributed by atoms with E-state index >= 15 is 0 Å². The lowest BCUT2D eigenvalue weighted by molar-refractivity contribution is -0.121. The first kappa shape index (κ1) is 17.3. The molecule has 0 aromatic heterocycles. The van der Waals surface area contributed by atoms with Gasteiger partial charge in [-0.25, -0.2) is 8.42 Å². The van der Waals surface area contributed by atoms with E-state index in [0.717, 1.165) is 17.7 Å². The molecule has 0 unspecified atom stereocenters. The van der Waals surface area contributed by atoms with Gasteiger partial charge in [-0.05, 0) is 31.0 Å². The summed E-state index contributed by atoms with van der Waals surface area (Å²) in [5, 5.41) is 5.68. The van der Waals surface area contributed by atoms with Crippen LogP contribution >= 0.6 is 11.8 Å². The van der Waals surface area contributed by atoms with E-state index < -0.39 is 9.84 Å². The number of anilines is 1. The molecule has 1 heterocycles. The first-order chi connectivity index (χ1) is 11.3. The van der Waals surface area contributed by atoms with Gasteiger partial charge in [-0.2, -0.15) is 0 Å². The minimum absolute atomic E-state index is 0.0476. The number of rotatable bonds is 5. The second-order valence-electron chi connectivity index (χ2n) is 6.25. The summed E-state index contributed by atoms with van der Waals surface area (Å²) in [6.07, 6.45) is 2.29. The van der Waals surface area contributed by atoms with E-state index in [1.54, 1.807) is 23.9 Å². The van der Waals surface area contributed by atoms with Gasteiger partial charge >= 0.3 is 0 Å². The predicted octanol–water partition coefficient (Wildman–Crippen LogP) is 1.95. The van der Waals surface area contributed by atoms with Gasteiger partial charge < -0.3 is 10.6 Å². The Bertz CT molecular complexity index is 772. The smallest absolute Gasteiger partial charge is 0.225 e. The standard InChI is InChI=1S/C16H20N2O4S2/c1-10-8-16(20)18-13-9-12(4-5-14(13)23-10)24(21,22)7-6-15(19)17-11-2-3-11/h4-5,9-11H,2-3,6-8H2,1H3,(H,17,19)(H,18,20)/t10-/m1/s1. The van der Waals surface area contributed by atoms with Crippen molar-refractivity contribution in [2.75, 3.05) is 11.1 Å². The Hall–Kier alpha value is -1.54. The lowest BCUT2D eigenvalue weighted by Gasteiger charge is -2.10. The van der Waals surface area contributed by atoms with Crippen LogP contribution in [0.25, 0.3) is 0 Å². The Balaban J connectivity index is 1.73. The molecule has 130 valence electrons. The summed E-state index contributed by atoms with van der Waals surface area (Å²) in [4.78, 5) is 24.5. The molecule has 2 amide bonds. The number of hydrogen-bond donors (Lipinski definition) is 2. The molecule has 1 aromatic carbocycles. The lowest BCUT2D eigenvalue weighted by atomic mass is 10.3. The largest absolute Gasteiger partial charge is 0.353 e. The van der Waals surface area contributed by atoms with Crippen molar-refractivity contribution >= 4 is 39.1 Å². The van der Waals surface area contributed by atoms with Crippen molar-refractivity contribution < 1.29 is 18.0 Å². The number of hydrogen-bond acceptors (Lipinski definition) is 5. The van der Waals surface area contributed by atoms with Crippen molar-refractivity contribution in [2.24, 2.45) is 0 Å². The van der Waals surface area contributed by atoms with Gasteiger partial charge in [0.25, 0.3) is 0 Å². The van der Waals surface area contributed by atoms with Crippen LogP contribution in [0.4, 0.5) is 5.69 Å². The highest BCUT2D eigenvalue weighted by molar-refractivity contribution is 8.00. The second kappa shape index (κ2) is 6.76. The van der Waals surface area contributed by atoms with Crippen molar-refractivity contribution in [1.29, 1.82) is 0 Å². The van der Waals surface area contributed by atoms with Crippen LogP contribution < -0.4 is 10.6 Å². The molecule has 1 saturated carbocycles. The van der Waals surface area contributed by atoms with Gasteiger partial charge in [-0.3, -0.25) is 9.59 Å². The lowest BCUT2D eigenvalue weighted by Crippen LogP contribution is -2.27. The Morgan fingerprint density at radius 1 is 1.38 bits per heavy atom. The fourth-order valence-electron chi connectivity index (χ4n) is 2.50. The van der Waals surface area contributed by atoms with Gasteiger partial charge in [0, 0.05) is 29.0 Å². The molecule has 1 aliphatic heterocycles. The monoisotopic (exact) mass is 368 g/mol. The molecule has 0 saturated heterocycles. The Labute approximate surface area is 145 Å². The van der Waals surface area contributed by atoms with E-state index in [1.807, 2.05) is 6.92 Å². The molecule has 1 aliphatic carbocycles. The third kappa shape index (κ3) is 4.30. The van der Waals surface area contributed by atoms with Crippen LogP contribution in [0.3, 0.4) is 0 Å². The molecule has 2 aliphatic rings. The molecule has 1 aromatic rings. The van der Waals surface area contributed by atoms with Crippen molar-refractivity contribution in [1.82, 2.24) is 5.32 Å². The molecule has 8 heteroatoms. The van der Waals surface area contributed by atoms with Crippen molar-refractivity contribution in [3.63, 3.8) is 0 Å². The number of sulfone groups is 1. The van der Waals surface area contributed by atoms with Crippen LogP contribution in [-0.4, -0.2) is 37.3 Å². The quantitative estimate of drug-likeness (QED) is 0.829. The molecule has 0 bridgehead atoms. The highest BCUT2D eigenvalue weighted by Gasteiger charge is 2.25. The second-order valence-corrected chi connectivity index (χ2v) is 9.84. The minimum Gasteiger partial charge on any atom is -0.353 e. The van der Waals surface area contributed by atoms with E-state index in [9.17, 15) is 18.0 Å². The van der Waals surface area contributed by atoms with Crippen LogP contribution in [0, 0.1) is 0 Å². The Morgan fingerprint density at radius 3 is 2.83 bits per heavy atom. The molecular formula is C16H20N2O4S2. The highest BCUT2D eigenvalue weighted by Crippen LogP contribution is 2.36. The van der Waals surface area contributed by atoms with Gasteiger partial charge in [0.2, 0.25) is 11.8 Å². The molecule has 1 fully saturated rings. The van der Waals surface area contributed by atoms with Crippen LogP contribution in [0.15, 0.2) is 28.0 Å². The number of carbonyl (C=O) groups excluding carboxylic acids is 2. The number of benzene rings is 1. The minimum atomic E-state index is -3.57. The molecule has 2 N–H and O–H groups in total. The highest BCUT2D eigenvalue weighted by atomic mass is 32.2. The van der Waals surface area contributed by atoms with Crippen LogP contribution in [-0.2, 0) is 19.4 Å². The maximum atomic E-state index is 12.5. The number of nitrogens with one attached hydrogen (secondary N) is 2. The normalized spacial score (nSPS) is 20.7. The summed E-state index contributed by atoms with van der Waals surface area (Å²) in [6.45, 7) is 1.96. The zero-order valence-corrected chi connectivity index (χ0v) is 15.0. The maximum absolute atomic E-state index is 12.5. The number of carbonyl (C=O) groups is 2. The molecule has 6 nitrogen and oxygen atoms in total. The van der Waals surface area contributed by atoms with Crippen molar-refractivity contribution in [3.05, 3.63) is 18.2 Å². The number of fused-ring (bicyclic) bond motifs is 1.